The van der Waals surface area contributed by atoms with Gasteiger partial charge in [0.05, 0.1) is 6.10 Å². The summed E-state index contributed by atoms with van der Waals surface area (Å²) in [5, 5.41) is 9.63. The summed E-state index contributed by atoms with van der Waals surface area (Å²) in [5.74, 6) is -2.98. The van der Waals surface area contributed by atoms with Crippen LogP contribution in [-0.2, 0) is 17.1 Å². The number of ether oxygens (including phenoxy) is 1. The molecule has 88 valence electrons. The maximum Gasteiger partial charge on any atom is 0.296 e. The molecule has 0 fully saturated rings. The first kappa shape index (κ1) is 11.5. The number of halogens is 2. The molecule has 0 spiro atoms. The Morgan fingerprint density at radius 3 is 2.94 bits per heavy atom. The van der Waals surface area contributed by atoms with Crippen molar-refractivity contribution in [3.63, 3.8) is 0 Å². The third kappa shape index (κ3) is 1.83. The van der Waals surface area contributed by atoms with Crippen molar-refractivity contribution in [3.8, 4) is 0 Å². The second-order valence-electron chi connectivity index (χ2n) is 4.07. The molecule has 0 saturated carbocycles. The van der Waals surface area contributed by atoms with E-state index in [0.29, 0.717) is 24.0 Å². The van der Waals surface area contributed by atoms with Crippen molar-refractivity contribution in [1.29, 1.82) is 0 Å². The van der Waals surface area contributed by atoms with Crippen LogP contribution >= 0.6 is 0 Å². The van der Waals surface area contributed by atoms with Crippen molar-refractivity contribution in [3.05, 3.63) is 34.9 Å². The summed E-state index contributed by atoms with van der Waals surface area (Å²) in [6, 6.07) is 4.68. The van der Waals surface area contributed by atoms with Crippen LogP contribution < -0.4 is 0 Å². The molecule has 1 aromatic carbocycles. The highest BCUT2D eigenvalue weighted by Crippen LogP contribution is 2.39. The molecule has 0 bridgehead atoms. The SMILES string of the molecule is COCC(F)(F)c1cccc2c1CCC2O. The zero-order valence-electron chi connectivity index (χ0n) is 9.04. The van der Waals surface area contributed by atoms with E-state index in [2.05, 4.69) is 4.74 Å². The maximum atomic E-state index is 13.7. The number of fused-ring (bicyclic) bond motifs is 1. The van der Waals surface area contributed by atoms with Crippen LogP contribution in [0.25, 0.3) is 0 Å². The Bertz CT molecular complexity index is 391. The number of hydrogen-bond donors (Lipinski definition) is 1. The van der Waals surface area contributed by atoms with E-state index in [1.165, 1.54) is 13.2 Å². The molecule has 0 aliphatic heterocycles. The van der Waals surface area contributed by atoms with Gasteiger partial charge in [0.15, 0.2) is 0 Å². The predicted octanol–water partition coefficient (Wildman–Crippen LogP) is 2.40. The summed E-state index contributed by atoms with van der Waals surface area (Å²) in [4.78, 5) is 0. The molecule has 0 aromatic heterocycles. The summed E-state index contributed by atoms with van der Waals surface area (Å²) < 4.78 is 32.0. The summed E-state index contributed by atoms with van der Waals surface area (Å²) in [6.07, 6.45) is 0.426. The lowest BCUT2D eigenvalue weighted by Gasteiger charge is -2.19. The van der Waals surface area contributed by atoms with E-state index < -0.39 is 18.6 Å². The van der Waals surface area contributed by atoms with Crippen LogP contribution in [0.3, 0.4) is 0 Å². The van der Waals surface area contributed by atoms with Gasteiger partial charge in [-0.15, -0.1) is 0 Å². The Labute approximate surface area is 92.9 Å². The first-order valence-electron chi connectivity index (χ1n) is 5.23. The van der Waals surface area contributed by atoms with Crippen LogP contribution in [0.4, 0.5) is 8.78 Å². The quantitative estimate of drug-likeness (QED) is 0.860. The lowest BCUT2D eigenvalue weighted by molar-refractivity contribution is -0.0703. The minimum atomic E-state index is -2.98. The molecule has 16 heavy (non-hydrogen) atoms. The van der Waals surface area contributed by atoms with Gasteiger partial charge in [0.25, 0.3) is 5.92 Å². The van der Waals surface area contributed by atoms with Crippen LogP contribution in [0.2, 0.25) is 0 Å². The average Bonchev–Trinajstić information content (AvgIpc) is 2.60. The van der Waals surface area contributed by atoms with E-state index in [9.17, 15) is 13.9 Å². The van der Waals surface area contributed by atoms with Gasteiger partial charge in [-0.05, 0) is 24.0 Å². The van der Waals surface area contributed by atoms with Gasteiger partial charge in [0.2, 0.25) is 0 Å². The third-order valence-corrected chi connectivity index (χ3v) is 2.96. The summed E-state index contributed by atoms with van der Waals surface area (Å²) in [6.45, 7) is -0.625. The van der Waals surface area contributed by atoms with E-state index in [4.69, 9.17) is 0 Å². The van der Waals surface area contributed by atoms with Gasteiger partial charge in [0.1, 0.15) is 6.61 Å². The average molecular weight is 228 g/mol. The highest BCUT2D eigenvalue weighted by atomic mass is 19.3. The predicted molar refractivity (Wildman–Crippen MR) is 55.5 cm³/mol. The topological polar surface area (TPSA) is 29.5 Å². The fourth-order valence-corrected chi connectivity index (χ4v) is 2.23. The second-order valence-corrected chi connectivity index (χ2v) is 4.07. The van der Waals surface area contributed by atoms with E-state index in [-0.39, 0.29) is 5.56 Å². The van der Waals surface area contributed by atoms with E-state index in [1.807, 2.05) is 0 Å². The fraction of sp³-hybridized carbons (Fsp3) is 0.500. The summed E-state index contributed by atoms with van der Waals surface area (Å²) in [7, 11) is 1.26. The van der Waals surface area contributed by atoms with Gasteiger partial charge in [-0.3, -0.25) is 0 Å². The van der Waals surface area contributed by atoms with E-state index in [0.717, 1.165) is 0 Å². The van der Waals surface area contributed by atoms with Gasteiger partial charge < -0.3 is 9.84 Å². The first-order chi connectivity index (χ1) is 7.56. The molecule has 2 rings (SSSR count). The third-order valence-electron chi connectivity index (χ3n) is 2.96. The Balaban J connectivity index is 2.43. The number of rotatable bonds is 3. The number of hydrogen-bond acceptors (Lipinski definition) is 2. The largest absolute Gasteiger partial charge is 0.388 e. The van der Waals surface area contributed by atoms with Gasteiger partial charge in [-0.2, -0.15) is 8.78 Å². The summed E-state index contributed by atoms with van der Waals surface area (Å²) >= 11 is 0. The number of alkyl halides is 2. The molecule has 1 aliphatic rings. The molecule has 1 unspecified atom stereocenters. The van der Waals surface area contributed by atoms with Crippen molar-refractivity contribution in [1.82, 2.24) is 0 Å². The highest BCUT2D eigenvalue weighted by Gasteiger charge is 2.36. The molecule has 1 aliphatic carbocycles. The second kappa shape index (κ2) is 4.11. The van der Waals surface area contributed by atoms with Crippen molar-refractivity contribution >= 4 is 0 Å². The maximum absolute atomic E-state index is 13.7. The molecule has 0 heterocycles. The Morgan fingerprint density at radius 2 is 2.25 bits per heavy atom. The van der Waals surface area contributed by atoms with Crippen LogP contribution in [0.5, 0.6) is 0 Å². The molecule has 4 heteroatoms. The molecule has 1 N–H and O–H groups in total. The van der Waals surface area contributed by atoms with Gasteiger partial charge in [-0.1, -0.05) is 18.2 Å². The van der Waals surface area contributed by atoms with Crippen LogP contribution in [-0.4, -0.2) is 18.8 Å². The van der Waals surface area contributed by atoms with Crippen LogP contribution in [0, 0.1) is 0 Å². The molecule has 0 saturated heterocycles. The minimum absolute atomic E-state index is 0.0107. The molecule has 2 nitrogen and oxygen atoms in total. The van der Waals surface area contributed by atoms with Crippen molar-refractivity contribution in [2.45, 2.75) is 24.9 Å². The number of benzene rings is 1. The van der Waals surface area contributed by atoms with Gasteiger partial charge in [0, 0.05) is 12.7 Å². The number of methoxy groups -OCH3 is 1. The van der Waals surface area contributed by atoms with Gasteiger partial charge >= 0.3 is 0 Å². The van der Waals surface area contributed by atoms with Crippen molar-refractivity contribution in [2.24, 2.45) is 0 Å². The molecular formula is C12H14F2O2. The number of aliphatic hydroxyl groups is 1. The smallest absolute Gasteiger partial charge is 0.296 e. The zero-order valence-corrected chi connectivity index (χ0v) is 9.04. The van der Waals surface area contributed by atoms with Crippen LogP contribution in [0.15, 0.2) is 18.2 Å². The monoisotopic (exact) mass is 228 g/mol. The van der Waals surface area contributed by atoms with Crippen LogP contribution in [0.1, 0.15) is 29.2 Å². The Kier molecular flexibility index (Phi) is 2.95. The van der Waals surface area contributed by atoms with E-state index in [1.54, 1.807) is 12.1 Å². The molecular weight excluding hydrogens is 214 g/mol. The van der Waals surface area contributed by atoms with Crippen molar-refractivity contribution < 1.29 is 18.6 Å². The Hall–Kier alpha value is -1.00. The highest BCUT2D eigenvalue weighted by molar-refractivity contribution is 5.42. The zero-order chi connectivity index (χ0) is 11.8. The van der Waals surface area contributed by atoms with Crippen molar-refractivity contribution in [2.75, 3.05) is 13.7 Å². The standard InChI is InChI=1S/C12H14F2O2/c1-16-7-12(13,14)10-4-2-3-9-8(10)5-6-11(9)15/h2-4,11,15H,5-7H2,1H3. The fourth-order valence-electron chi connectivity index (χ4n) is 2.23. The summed E-state index contributed by atoms with van der Waals surface area (Å²) in [5.41, 5.74) is 1.20. The van der Waals surface area contributed by atoms with E-state index >= 15 is 0 Å². The lowest BCUT2D eigenvalue weighted by atomic mass is 9.98. The lowest BCUT2D eigenvalue weighted by Crippen LogP contribution is -2.22. The molecule has 0 radical (unpaired) electrons. The first-order valence-corrected chi connectivity index (χ1v) is 5.23. The molecule has 0 amide bonds. The number of aliphatic hydroxyl groups excluding tert-OH is 1. The minimum Gasteiger partial charge on any atom is -0.388 e. The van der Waals surface area contributed by atoms with Gasteiger partial charge in [-0.25, -0.2) is 0 Å². The normalized spacial score (nSPS) is 19.9. The Morgan fingerprint density at radius 1 is 1.50 bits per heavy atom. The molecule has 1 aromatic rings. The molecule has 1 atom stereocenters.